The summed E-state index contributed by atoms with van der Waals surface area (Å²) in [6.45, 7) is 0. The highest BCUT2D eigenvalue weighted by atomic mass is 79.9. The van der Waals surface area contributed by atoms with Gasteiger partial charge in [-0.05, 0) is 46.3 Å². The maximum atomic E-state index is 13.9. The van der Waals surface area contributed by atoms with Crippen LogP contribution in [0.4, 0.5) is 4.39 Å². The van der Waals surface area contributed by atoms with Gasteiger partial charge < -0.3 is 4.98 Å². The summed E-state index contributed by atoms with van der Waals surface area (Å²) in [4.78, 5) is 15.6. The van der Waals surface area contributed by atoms with Gasteiger partial charge in [0.05, 0.1) is 5.56 Å². The van der Waals surface area contributed by atoms with Crippen molar-refractivity contribution in [2.24, 2.45) is 0 Å². The number of fused-ring (bicyclic) bond motifs is 1. The van der Waals surface area contributed by atoms with Gasteiger partial charge in [0.25, 0.3) is 0 Å². The molecule has 0 saturated heterocycles. The third-order valence-corrected chi connectivity index (χ3v) is 4.23. The van der Waals surface area contributed by atoms with Crippen molar-refractivity contribution in [1.82, 2.24) is 4.98 Å². The van der Waals surface area contributed by atoms with Gasteiger partial charge in [-0.2, -0.15) is 0 Å². The Labute approximate surface area is 131 Å². The van der Waals surface area contributed by atoms with Crippen LogP contribution < -0.4 is 0 Å². The lowest BCUT2D eigenvalue weighted by Crippen LogP contribution is -2.04. The maximum absolute atomic E-state index is 13.9. The maximum Gasteiger partial charge on any atom is 0.199 e. The van der Waals surface area contributed by atoms with Crippen LogP contribution in [-0.4, -0.2) is 10.8 Å². The molecule has 3 rings (SSSR count). The van der Waals surface area contributed by atoms with Gasteiger partial charge in [0.1, 0.15) is 5.82 Å². The zero-order valence-corrected chi connectivity index (χ0v) is 13.3. The van der Waals surface area contributed by atoms with Crippen LogP contribution in [0.25, 0.3) is 10.9 Å². The number of halogens is 3. The first kappa shape index (κ1) is 13.5. The molecule has 1 N–H and O–H groups in total. The molecule has 0 aliphatic heterocycles. The lowest BCUT2D eigenvalue weighted by molar-refractivity contribution is 0.103. The van der Waals surface area contributed by atoms with E-state index >= 15 is 0 Å². The molecule has 0 spiro atoms. The minimum absolute atomic E-state index is 0.0494. The average molecular weight is 397 g/mol. The molecule has 0 bridgehead atoms. The predicted molar refractivity (Wildman–Crippen MR) is 83.5 cm³/mol. The Morgan fingerprint density at radius 2 is 1.95 bits per heavy atom. The van der Waals surface area contributed by atoms with Gasteiger partial charge in [0.2, 0.25) is 0 Å². The molecule has 0 amide bonds. The number of carbonyl (C=O) groups is 1. The summed E-state index contributed by atoms with van der Waals surface area (Å²) < 4.78 is 15.2. The number of aromatic amines is 1. The number of hydrogen-bond donors (Lipinski definition) is 1. The molecule has 0 saturated carbocycles. The molecule has 0 atom stereocenters. The normalized spacial score (nSPS) is 10.9. The third-order valence-electron chi connectivity index (χ3n) is 3.08. The van der Waals surface area contributed by atoms with E-state index in [4.69, 9.17) is 0 Å². The molecule has 5 heteroatoms. The van der Waals surface area contributed by atoms with Gasteiger partial charge >= 0.3 is 0 Å². The Bertz CT molecular complexity index is 806. The van der Waals surface area contributed by atoms with Crippen molar-refractivity contribution in [3.8, 4) is 0 Å². The van der Waals surface area contributed by atoms with Crippen molar-refractivity contribution in [3.63, 3.8) is 0 Å². The summed E-state index contributed by atoms with van der Waals surface area (Å²) >= 11 is 6.61. The fraction of sp³-hybridized carbons (Fsp3) is 0. The number of benzene rings is 2. The quantitative estimate of drug-likeness (QED) is 0.603. The molecule has 0 aliphatic rings. The molecule has 0 aliphatic carbocycles. The Balaban J connectivity index is 2.21. The van der Waals surface area contributed by atoms with E-state index in [1.165, 1.54) is 6.07 Å². The number of ketones is 1. The van der Waals surface area contributed by atoms with Crippen molar-refractivity contribution in [1.29, 1.82) is 0 Å². The summed E-state index contributed by atoms with van der Waals surface area (Å²) in [6.07, 6.45) is 1.61. The number of hydrogen-bond acceptors (Lipinski definition) is 1. The van der Waals surface area contributed by atoms with Gasteiger partial charge in [-0.3, -0.25) is 4.79 Å². The standard InChI is InChI=1S/C15H8Br2FNO/c16-8-4-5-13-9(6-8)10(7-19-13)15(20)14-11(17)2-1-3-12(14)18/h1-7,19H. The Kier molecular flexibility index (Phi) is 3.48. The number of rotatable bonds is 2. The van der Waals surface area contributed by atoms with Gasteiger partial charge in [0, 0.05) is 31.6 Å². The van der Waals surface area contributed by atoms with Crippen LogP contribution in [0.1, 0.15) is 15.9 Å². The SMILES string of the molecule is O=C(c1c(F)cccc1Br)c1c[nH]c2ccc(Br)cc12. The van der Waals surface area contributed by atoms with Gasteiger partial charge in [-0.25, -0.2) is 4.39 Å². The lowest BCUT2D eigenvalue weighted by Gasteiger charge is -2.04. The summed E-state index contributed by atoms with van der Waals surface area (Å²) in [5.41, 5.74) is 1.34. The van der Waals surface area contributed by atoms with Crippen molar-refractivity contribution in [2.75, 3.05) is 0 Å². The lowest BCUT2D eigenvalue weighted by atomic mass is 10.0. The van der Waals surface area contributed by atoms with Crippen molar-refractivity contribution in [2.45, 2.75) is 0 Å². The second-order valence-electron chi connectivity index (χ2n) is 4.32. The van der Waals surface area contributed by atoms with Crippen LogP contribution in [0.15, 0.2) is 51.5 Å². The molecule has 100 valence electrons. The van der Waals surface area contributed by atoms with E-state index in [0.717, 1.165) is 15.4 Å². The summed E-state index contributed by atoms with van der Waals surface area (Å²) in [6, 6.07) is 10.1. The number of aromatic nitrogens is 1. The molecule has 20 heavy (non-hydrogen) atoms. The van der Waals surface area contributed by atoms with Crippen molar-refractivity contribution in [3.05, 3.63) is 68.5 Å². The zero-order chi connectivity index (χ0) is 14.3. The van der Waals surface area contributed by atoms with Crippen molar-refractivity contribution >= 4 is 48.5 Å². The average Bonchev–Trinajstić information content (AvgIpc) is 2.81. The first-order chi connectivity index (χ1) is 9.58. The highest BCUT2D eigenvalue weighted by molar-refractivity contribution is 9.10. The minimum atomic E-state index is -0.534. The van der Waals surface area contributed by atoms with E-state index in [1.807, 2.05) is 18.2 Å². The fourth-order valence-corrected chi connectivity index (χ4v) is 3.01. The van der Waals surface area contributed by atoms with Crippen LogP contribution in [0.2, 0.25) is 0 Å². The van der Waals surface area contributed by atoms with E-state index in [2.05, 4.69) is 36.8 Å². The number of nitrogens with one attached hydrogen (secondary N) is 1. The van der Waals surface area contributed by atoms with Crippen LogP contribution in [0.5, 0.6) is 0 Å². The van der Waals surface area contributed by atoms with E-state index < -0.39 is 5.82 Å². The van der Waals surface area contributed by atoms with Gasteiger partial charge in [0.15, 0.2) is 5.78 Å². The van der Waals surface area contributed by atoms with Gasteiger partial charge in [-0.15, -0.1) is 0 Å². The van der Waals surface area contributed by atoms with E-state index in [0.29, 0.717) is 10.0 Å². The molecule has 2 aromatic carbocycles. The first-order valence-corrected chi connectivity index (χ1v) is 7.42. The van der Waals surface area contributed by atoms with Crippen molar-refractivity contribution < 1.29 is 9.18 Å². The minimum Gasteiger partial charge on any atom is -0.360 e. The van der Waals surface area contributed by atoms with E-state index in [-0.39, 0.29) is 11.3 Å². The smallest absolute Gasteiger partial charge is 0.199 e. The molecule has 1 heterocycles. The van der Waals surface area contributed by atoms with E-state index in [9.17, 15) is 9.18 Å². The van der Waals surface area contributed by atoms with E-state index in [1.54, 1.807) is 18.3 Å². The zero-order valence-electron chi connectivity index (χ0n) is 10.1. The highest BCUT2D eigenvalue weighted by Gasteiger charge is 2.20. The highest BCUT2D eigenvalue weighted by Crippen LogP contribution is 2.28. The van der Waals surface area contributed by atoms with Crippen LogP contribution in [-0.2, 0) is 0 Å². The molecule has 0 fully saturated rings. The Hall–Kier alpha value is -1.46. The number of H-pyrrole nitrogens is 1. The summed E-state index contributed by atoms with van der Waals surface area (Å²) in [5.74, 6) is -0.881. The number of carbonyl (C=O) groups excluding carboxylic acids is 1. The van der Waals surface area contributed by atoms with Crippen LogP contribution >= 0.6 is 31.9 Å². The molecule has 1 aromatic heterocycles. The van der Waals surface area contributed by atoms with Crippen LogP contribution in [0, 0.1) is 5.82 Å². The predicted octanol–water partition coefficient (Wildman–Crippen LogP) is 5.06. The Morgan fingerprint density at radius 1 is 1.15 bits per heavy atom. The molecule has 2 nitrogen and oxygen atoms in total. The Morgan fingerprint density at radius 3 is 2.70 bits per heavy atom. The second-order valence-corrected chi connectivity index (χ2v) is 6.09. The molecular weight excluding hydrogens is 389 g/mol. The fourth-order valence-electron chi connectivity index (χ4n) is 2.13. The summed E-state index contributed by atoms with van der Waals surface area (Å²) in [5, 5.41) is 0.763. The van der Waals surface area contributed by atoms with Crippen LogP contribution in [0.3, 0.4) is 0 Å². The molecule has 0 unspecified atom stereocenters. The second kappa shape index (κ2) is 5.14. The topological polar surface area (TPSA) is 32.9 Å². The third kappa shape index (κ3) is 2.21. The largest absolute Gasteiger partial charge is 0.360 e. The molecule has 3 aromatic rings. The first-order valence-electron chi connectivity index (χ1n) is 5.83. The van der Waals surface area contributed by atoms with Gasteiger partial charge in [-0.1, -0.05) is 22.0 Å². The summed E-state index contributed by atoms with van der Waals surface area (Å²) in [7, 11) is 0. The molecule has 0 radical (unpaired) electrons. The monoisotopic (exact) mass is 395 g/mol. The molecular formula is C15H8Br2FNO.